The van der Waals surface area contributed by atoms with Crippen molar-refractivity contribution >= 4 is 0 Å². The first-order valence-electron chi connectivity index (χ1n) is 8.82. The van der Waals surface area contributed by atoms with Gasteiger partial charge in [-0.3, -0.25) is 0 Å². The number of nitrogens with zero attached hydrogens (tertiary/aromatic N) is 3. The first kappa shape index (κ1) is 13.8. The zero-order valence-electron chi connectivity index (χ0n) is 13.3. The van der Waals surface area contributed by atoms with E-state index in [1.165, 1.54) is 69.1 Å². The first-order valence-corrected chi connectivity index (χ1v) is 8.82. The summed E-state index contributed by atoms with van der Waals surface area (Å²) in [7, 11) is 0. The lowest BCUT2D eigenvalue weighted by Crippen LogP contribution is -2.29. The fourth-order valence-electron chi connectivity index (χ4n) is 4.02. The standard InChI is InChI=1S/C17H28N4/c1-13(11-20-8-2-3-9-20)12-21-16-6-7-18-10-15(16)19-17(21)14-4-5-14/h13-14,18H,2-12H2,1H3. The third-order valence-electron chi connectivity index (χ3n) is 5.22. The lowest BCUT2D eigenvalue weighted by Gasteiger charge is -2.23. The number of hydrogen-bond donors (Lipinski definition) is 1. The number of rotatable bonds is 5. The number of hydrogen-bond acceptors (Lipinski definition) is 3. The van der Waals surface area contributed by atoms with Crippen LogP contribution in [0.1, 0.15) is 55.7 Å². The Morgan fingerprint density at radius 1 is 1.24 bits per heavy atom. The van der Waals surface area contributed by atoms with Crippen molar-refractivity contribution in [2.45, 2.75) is 58.0 Å². The van der Waals surface area contributed by atoms with Gasteiger partial charge in [0.1, 0.15) is 5.82 Å². The molecule has 0 spiro atoms. The van der Waals surface area contributed by atoms with Gasteiger partial charge in [0.05, 0.1) is 5.69 Å². The van der Waals surface area contributed by atoms with Crippen molar-refractivity contribution in [3.63, 3.8) is 0 Å². The first-order chi connectivity index (χ1) is 10.3. The van der Waals surface area contributed by atoms with Gasteiger partial charge in [-0.2, -0.15) is 0 Å². The molecule has 1 saturated carbocycles. The van der Waals surface area contributed by atoms with Crippen molar-refractivity contribution in [2.75, 3.05) is 26.2 Å². The predicted molar refractivity (Wildman–Crippen MR) is 84.5 cm³/mol. The Labute approximate surface area is 127 Å². The second-order valence-electron chi connectivity index (χ2n) is 7.29. The van der Waals surface area contributed by atoms with Gasteiger partial charge in [-0.25, -0.2) is 4.98 Å². The summed E-state index contributed by atoms with van der Waals surface area (Å²) in [6, 6.07) is 0. The molecular formula is C17H28N4. The number of imidazole rings is 1. The number of aromatic nitrogens is 2. The average Bonchev–Trinajstić information content (AvgIpc) is 3.09. The van der Waals surface area contributed by atoms with E-state index in [4.69, 9.17) is 4.98 Å². The Bertz CT molecular complexity index is 497. The van der Waals surface area contributed by atoms with Crippen molar-refractivity contribution in [1.29, 1.82) is 0 Å². The molecule has 1 N–H and O–H groups in total. The van der Waals surface area contributed by atoms with E-state index in [1.54, 1.807) is 0 Å². The smallest absolute Gasteiger partial charge is 0.112 e. The van der Waals surface area contributed by atoms with Crippen LogP contribution in [-0.4, -0.2) is 40.6 Å². The summed E-state index contributed by atoms with van der Waals surface area (Å²) in [4.78, 5) is 7.63. The molecule has 3 aliphatic rings. The van der Waals surface area contributed by atoms with Crippen molar-refractivity contribution < 1.29 is 0 Å². The summed E-state index contributed by atoms with van der Waals surface area (Å²) >= 11 is 0. The predicted octanol–water partition coefficient (Wildman–Crippen LogP) is 2.14. The van der Waals surface area contributed by atoms with Gasteiger partial charge < -0.3 is 14.8 Å². The fraction of sp³-hybridized carbons (Fsp3) is 0.824. The molecule has 21 heavy (non-hydrogen) atoms. The van der Waals surface area contributed by atoms with E-state index < -0.39 is 0 Å². The van der Waals surface area contributed by atoms with E-state index in [9.17, 15) is 0 Å². The van der Waals surface area contributed by atoms with Crippen LogP contribution in [0.25, 0.3) is 0 Å². The highest BCUT2D eigenvalue weighted by Gasteiger charge is 2.32. The maximum absolute atomic E-state index is 4.98. The molecule has 1 atom stereocenters. The molecule has 0 radical (unpaired) electrons. The third kappa shape index (κ3) is 2.88. The second kappa shape index (κ2) is 5.73. The highest BCUT2D eigenvalue weighted by atomic mass is 15.2. The molecule has 4 nitrogen and oxygen atoms in total. The van der Waals surface area contributed by atoms with Crippen LogP contribution in [0.15, 0.2) is 0 Å². The molecule has 3 heterocycles. The van der Waals surface area contributed by atoms with Crippen LogP contribution in [0, 0.1) is 5.92 Å². The van der Waals surface area contributed by atoms with E-state index in [-0.39, 0.29) is 0 Å². The van der Waals surface area contributed by atoms with Gasteiger partial charge in [-0.15, -0.1) is 0 Å². The molecule has 1 aromatic rings. The largest absolute Gasteiger partial charge is 0.331 e. The van der Waals surface area contributed by atoms with Gasteiger partial charge in [0, 0.05) is 44.2 Å². The van der Waals surface area contributed by atoms with Crippen LogP contribution in [-0.2, 0) is 19.5 Å². The molecule has 0 amide bonds. The van der Waals surface area contributed by atoms with E-state index >= 15 is 0 Å². The van der Waals surface area contributed by atoms with Gasteiger partial charge >= 0.3 is 0 Å². The minimum Gasteiger partial charge on any atom is -0.331 e. The van der Waals surface area contributed by atoms with Crippen molar-refractivity contribution in [3.05, 3.63) is 17.2 Å². The monoisotopic (exact) mass is 288 g/mol. The Hall–Kier alpha value is -0.870. The maximum atomic E-state index is 4.98. The summed E-state index contributed by atoms with van der Waals surface area (Å²) in [6.07, 6.45) is 6.65. The van der Waals surface area contributed by atoms with Crippen molar-refractivity contribution in [1.82, 2.24) is 19.8 Å². The molecule has 4 rings (SSSR count). The molecular weight excluding hydrogens is 260 g/mol. The van der Waals surface area contributed by atoms with Crippen LogP contribution in [0.2, 0.25) is 0 Å². The zero-order chi connectivity index (χ0) is 14.2. The summed E-state index contributed by atoms with van der Waals surface area (Å²) in [5.41, 5.74) is 2.86. The molecule has 0 aromatic carbocycles. The van der Waals surface area contributed by atoms with Gasteiger partial charge in [-0.1, -0.05) is 6.92 Å². The summed E-state index contributed by atoms with van der Waals surface area (Å²) < 4.78 is 2.61. The van der Waals surface area contributed by atoms with Crippen LogP contribution in [0.3, 0.4) is 0 Å². The normalized spacial score (nSPS) is 24.2. The Morgan fingerprint density at radius 3 is 2.81 bits per heavy atom. The quantitative estimate of drug-likeness (QED) is 0.901. The third-order valence-corrected chi connectivity index (χ3v) is 5.22. The Kier molecular flexibility index (Phi) is 3.76. The Balaban J connectivity index is 1.51. The number of nitrogens with one attached hydrogen (secondary N) is 1. The van der Waals surface area contributed by atoms with Crippen LogP contribution in [0.4, 0.5) is 0 Å². The zero-order valence-corrected chi connectivity index (χ0v) is 13.3. The topological polar surface area (TPSA) is 33.1 Å². The minimum absolute atomic E-state index is 0.730. The van der Waals surface area contributed by atoms with Gasteiger partial charge in [0.25, 0.3) is 0 Å². The SMILES string of the molecule is CC(CN1CCCC1)Cn1c(C2CC2)nc2c1CCNC2. The fourth-order valence-corrected chi connectivity index (χ4v) is 4.02. The molecule has 2 fully saturated rings. The average molecular weight is 288 g/mol. The van der Waals surface area contributed by atoms with E-state index in [2.05, 4.69) is 21.7 Å². The maximum Gasteiger partial charge on any atom is 0.112 e. The summed E-state index contributed by atoms with van der Waals surface area (Å²) in [6.45, 7) is 9.56. The lowest BCUT2D eigenvalue weighted by atomic mass is 10.1. The number of likely N-dealkylation sites (tertiary alicyclic amines) is 1. The van der Waals surface area contributed by atoms with Crippen molar-refractivity contribution in [3.8, 4) is 0 Å². The summed E-state index contributed by atoms with van der Waals surface area (Å²) in [5.74, 6) is 2.89. The molecule has 2 aliphatic heterocycles. The van der Waals surface area contributed by atoms with E-state index in [0.717, 1.165) is 31.3 Å². The molecule has 1 unspecified atom stereocenters. The molecule has 116 valence electrons. The highest BCUT2D eigenvalue weighted by Crippen LogP contribution is 2.40. The molecule has 1 aromatic heterocycles. The molecule has 1 saturated heterocycles. The van der Waals surface area contributed by atoms with Crippen LogP contribution >= 0.6 is 0 Å². The van der Waals surface area contributed by atoms with Crippen LogP contribution < -0.4 is 5.32 Å². The van der Waals surface area contributed by atoms with Gasteiger partial charge in [-0.05, 0) is 44.7 Å². The molecule has 1 aliphatic carbocycles. The Morgan fingerprint density at radius 2 is 2.05 bits per heavy atom. The van der Waals surface area contributed by atoms with Gasteiger partial charge in [0.15, 0.2) is 0 Å². The molecule has 0 bridgehead atoms. The van der Waals surface area contributed by atoms with E-state index in [1.807, 2.05) is 0 Å². The summed E-state index contributed by atoms with van der Waals surface area (Å²) in [5, 5.41) is 3.47. The van der Waals surface area contributed by atoms with E-state index in [0.29, 0.717) is 0 Å². The number of fused-ring (bicyclic) bond motifs is 1. The van der Waals surface area contributed by atoms with Crippen LogP contribution in [0.5, 0.6) is 0 Å². The lowest BCUT2D eigenvalue weighted by molar-refractivity contribution is 0.269. The highest BCUT2D eigenvalue weighted by molar-refractivity contribution is 5.24. The van der Waals surface area contributed by atoms with Crippen molar-refractivity contribution in [2.24, 2.45) is 5.92 Å². The molecule has 4 heteroatoms. The minimum atomic E-state index is 0.730. The second-order valence-corrected chi connectivity index (χ2v) is 7.29. The van der Waals surface area contributed by atoms with Gasteiger partial charge in [0.2, 0.25) is 0 Å².